The first-order valence-corrected chi connectivity index (χ1v) is 4.14. The van der Waals surface area contributed by atoms with Crippen molar-refractivity contribution in [3.05, 3.63) is 0 Å². The van der Waals surface area contributed by atoms with Crippen LogP contribution >= 0.6 is 0 Å². The summed E-state index contributed by atoms with van der Waals surface area (Å²) in [4.78, 5) is 0. The molecule has 0 aromatic carbocycles. The molecular weight excluding hydrogens is 126 g/mol. The highest BCUT2D eigenvalue weighted by Crippen LogP contribution is 2.05. The molecule has 1 unspecified atom stereocenters. The summed E-state index contributed by atoms with van der Waals surface area (Å²) in [5, 5.41) is 10.5. The highest BCUT2D eigenvalue weighted by molar-refractivity contribution is 4.53. The van der Waals surface area contributed by atoms with Crippen molar-refractivity contribution in [1.82, 2.24) is 5.06 Å². The van der Waals surface area contributed by atoms with Gasteiger partial charge in [0.05, 0.1) is 0 Å². The standard InChI is InChI=1S/C8H19NO/c1-4-6-8(3)7-9(10)5-2/h8,10H,4-7H2,1-3H3. The summed E-state index contributed by atoms with van der Waals surface area (Å²) in [6, 6.07) is 0. The maximum Gasteiger partial charge on any atom is 0.0263 e. The minimum atomic E-state index is 0.620. The molecule has 2 nitrogen and oxygen atoms in total. The fourth-order valence-electron chi connectivity index (χ4n) is 1.07. The molecule has 0 aliphatic heterocycles. The van der Waals surface area contributed by atoms with Gasteiger partial charge in [0, 0.05) is 13.1 Å². The number of nitrogens with zero attached hydrogens (tertiary/aromatic N) is 1. The van der Waals surface area contributed by atoms with Crippen molar-refractivity contribution < 1.29 is 5.21 Å². The molecule has 0 saturated carbocycles. The van der Waals surface area contributed by atoms with E-state index in [1.54, 1.807) is 0 Å². The van der Waals surface area contributed by atoms with Crippen molar-refractivity contribution in [3.63, 3.8) is 0 Å². The van der Waals surface area contributed by atoms with Crippen LogP contribution in [0.1, 0.15) is 33.6 Å². The second-order valence-corrected chi connectivity index (χ2v) is 2.90. The zero-order valence-electron chi connectivity index (χ0n) is 7.30. The molecule has 0 spiro atoms. The molecule has 0 heterocycles. The lowest BCUT2D eigenvalue weighted by molar-refractivity contribution is -0.0959. The zero-order valence-corrected chi connectivity index (χ0v) is 7.30. The van der Waals surface area contributed by atoms with Gasteiger partial charge in [-0.3, -0.25) is 0 Å². The quantitative estimate of drug-likeness (QED) is 0.599. The Balaban J connectivity index is 3.27. The number of hydrogen-bond donors (Lipinski definition) is 1. The van der Waals surface area contributed by atoms with Crippen LogP contribution < -0.4 is 0 Å². The zero-order chi connectivity index (χ0) is 7.98. The third kappa shape index (κ3) is 4.77. The van der Waals surface area contributed by atoms with Gasteiger partial charge in [-0.1, -0.05) is 27.2 Å². The average Bonchev–Trinajstić information content (AvgIpc) is 1.88. The summed E-state index contributed by atoms with van der Waals surface area (Å²) >= 11 is 0. The van der Waals surface area contributed by atoms with Gasteiger partial charge in [-0.2, -0.15) is 5.06 Å². The number of hydrogen-bond acceptors (Lipinski definition) is 2. The molecule has 0 aliphatic carbocycles. The smallest absolute Gasteiger partial charge is 0.0263 e. The fourth-order valence-corrected chi connectivity index (χ4v) is 1.07. The molecule has 0 fully saturated rings. The normalized spacial score (nSPS) is 14.1. The van der Waals surface area contributed by atoms with Crippen LogP contribution in [-0.4, -0.2) is 23.4 Å². The SMILES string of the molecule is CCCC(C)CN(O)CC. The number of rotatable bonds is 5. The van der Waals surface area contributed by atoms with Crippen molar-refractivity contribution in [2.75, 3.05) is 13.1 Å². The van der Waals surface area contributed by atoms with Gasteiger partial charge in [0.25, 0.3) is 0 Å². The first-order chi connectivity index (χ1) is 4.70. The Bertz CT molecular complexity index is 75.7. The van der Waals surface area contributed by atoms with Crippen molar-refractivity contribution in [3.8, 4) is 0 Å². The Morgan fingerprint density at radius 1 is 1.40 bits per heavy atom. The van der Waals surface area contributed by atoms with Gasteiger partial charge in [0.1, 0.15) is 0 Å². The van der Waals surface area contributed by atoms with E-state index in [0.29, 0.717) is 5.92 Å². The lowest BCUT2D eigenvalue weighted by atomic mass is 10.1. The van der Waals surface area contributed by atoms with Crippen LogP contribution in [0.5, 0.6) is 0 Å². The summed E-state index contributed by atoms with van der Waals surface area (Å²) in [7, 11) is 0. The van der Waals surface area contributed by atoms with Crippen molar-refractivity contribution in [1.29, 1.82) is 0 Å². The Labute approximate surface area is 63.8 Å². The summed E-state index contributed by atoms with van der Waals surface area (Å²) < 4.78 is 0. The minimum Gasteiger partial charge on any atom is -0.314 e. The van der Waals surface area contributed by atoms with E-state index in [-0.39, 0.29) is 0 Å². The Morgan fingerprint density at radius 2 is 2.00 bits per heavy atom. The predicted molar refractivity (Wildman–Crippen MR) is 43.1 cm³/mol. The van der Waals surface area contributed by atoms with Crippen LogP contribution in [0, 0.1) is 5.92 Å². The molecule has 2 heteroatoms. The molecule has 1 atom stereocenters. The van der Waals surface area contributed by atoms with E-state index in [1.807, 2.05) is 6.92 Å². The van der Waals surface area contributed by atoms with E-state index in [1.165, 1.54) is 17.9 Å². The highest BCUT2D eigenvalue weighted by atomic mass is 16.5. The van der Waals surface area contributed by atoms with Crippen LogP contribution in [0.15, 0.2) is 0 Å². The molecule has 62 valence electrons. The average molecular weight is 145 g/mol. The molecule has 0 rings (SSSR count). The van der Waals surface area contributed by atoms with Crippen molar-refractivity contribution >= 4 is 0 Å². The van der Waals surface area contributed by atoms with Crippen LogP contribution in [0.2, 0.25) is 0 Å². The molecule has 10 heavy (non-hydrogen) atoms. The maximum atomic E-state index is 9.09. The summed E-state index contributed by atoms with van der Waals surface area (Å²) in [6.45, 7) is 7.84. The fraction of sp³-hybridized carbons (Fsp3) is 1.00. The molecule has 0 saturated heterocycles. The summed E-state index contributed by atoms with van der Waals surface area (Å²) in [5.41, 5.74) is 0. The largest absolute Gasteiger partial charge is 0.314 e. The third-order valence-electron chi connectivity index (χ3n) is 1.67. The van der Waals surface area contributed by atoms with Gasteiger partial charge in [0.2, 0.25) is 0 Å². The molecule has 0 amide bonds. The van der Waals surface area contributed by atoms with Crippen LogP contribution in [0.25, 0.3) is 0 Å². The number of hydroxylamine groups is 2. The Morgan fingerprint density at radius 3 is 2.40 bits per heavy atom. The monoisotopic (exact) mass is 145 g/mol. The lowest BCUT2D eigenvalue weighted by Crippen LogP contribution is -2.24. The Hall–Kier alpha value is -0.0800. The van der Waals surface area contributed by atoms with Gasteiger partial charge in [-0.05, 0) is 12.3 Å². The molecule has 0 radical (unpaired) electrons. The molecular formula is C8H19NO. The first kappa shape index (κ1) is 9.92. The van der Waals surface area contributed by atoms with Gasteiger partial charge >= 0.3 is 0 Å². The second-order valence-electron chi connectivity index (χ2n) is 2.90. The van der Waals surface area contributed by atoms with Crippen molar-refractivity contribution in [2.24, 2.45) is 5.92 Å². The van der Waals surface area contributed by atoms with Crippen molar-refractivity contribution in [2.45, 2.75) is 33.6 Å². The van der Waals surface area contributed by atoms with E-state index >= 15 is 0 Å². The summed E-state index contributed by atoms with van der Waals surface area (Å²) in [6.07, 6.45) is 2.41. The topological polar surface area (TPSA) is 23.5 Å². The molecule has 1 N–H and O–H groups in total. The lowest BCUT2D eigenvalue weighted by Gasteiger charge is -2.16. The van der Waals surface area contributed by atoms with E-state index in [2.05, 4.69) is 13.8 Å². The maximum absolute atomic E-state index is 9.09. The summed E-state index contributed by atoms with van der Waals surface area (Å²) in [5.74, 6) is 0.620. The minimum absolute atomic E-state index is 0.620. The van der Waals surface area contributed by atoms with Gasteiger partial charge in [-0.25, -0.2) is 0 Å². The third-order valence-corrected chi connectivity index (χ3v) is 1.67. The van der Waals surface area contributed by atoms with E-state index in [4.69, 9.17) is 5.21 Å². The van der Waals surface area contributed by atoms with Crippen LogP contribution in [-0.2, 0) is 0 Å². The molecule has 0 bridgehead atoms. The van der Waals surface area contributed by atoms with Gasteiger partial charge in [-0.15, -0.1) is 0 Å². The first-order valence-electron chi connectivity index (χ1n) is 4.14. The van der Waals surface area contributed by atoms with Gasteiger partial charge in [0.15, 0.2) is 0 Å². The highest BCUT2D eigenvalue weighted by Gasteiger charge is 2.03. The Kier molecular flexibility index (Phi) is 5.64. The van der Waals surface area contributed by atoms with E-state index in [0.717, 1.165) is 13.1 Å². The van der Waals surface area contributed by atoms with E-state index < -0.39 is 0 Å². The van der Waals surface area contributed by atoms with Crippen LogP contribution in [0.4, 0.5) is 0 Å². The predicted octanol–water partition coefficient (Wildman–Crippen LogP) is 2.13. The molecule has 0 aromatic rings. The molecule has 0 aromatic heterocycles. The molecule has 0 aliphatic rings. The second kappa shape index (κ2) is 5.69. The van der Waals surface area contributed by atoms with Gasteiger partial charge < -0.3 is 5.21 Å². The van der Waals surface area contributed by atoms with Crippen LogP contribution in [0.3, 0.4) is 0 Å². The van der Waals surface area contributed by atoms with E-state index in [9.17, 15) is 0 Å².